The highest BCUT2D eigenvalue weighted by molar-refractivity contribution is 5.62. The molecule has 1 aliphatic heterocycles. The van der Waals surface area contributed by atoms with Crippen molar-refractivity contribution in [3.8, 4) is 22.9 Å². The summed E-state index contributed by atoms with van der Waals surface area (Å²) in [7, 11) is 3.26. The Morgan fingerprint density at radius 1 is 1.10 bits per heavy atom. The van der Waals surface area contributed by atoms with Gasteiger partial charge in [0.25, 0.3) is 0 Å². The topological polar surface area (TPSA) is 56.3 Å². The molecule has 0 unspecified atom stereocenters. The van der Waals surface area contributed by atoms with E-state index in [1.165, 1.54) is 5.56 Å². The molecule has 2 aromatic rings. The molecule has 1 aromatic carbocycles. The molecule has 0 fully saturated rings. The van der Waals surface area contributed by atoms with Gasteiger partial charge in [-0.15, -0.1) is 0 Å². The second kappa shape index (κ2) is 5.69. The minimum Gasteiger partial charge on any atom is -0.493 e. The first-order chi connectivity index (χ1) is 10.3. The van der Waals surface area contributed by atoms with Crippen LogP contribution in [0.25, 0.3) is 11.4 Å². The van der Waals surface area contributed by atoms with E-state index >= 15 is 0 Å². The molecule has 5 heteroatoms. The number of methoxy groups -OCH3 is 2. The maximum absolute atomic E-state index is 5.35. The van der Waals surface area contributed by atoms with Gasteiger partial charge in [-0.3, -0.25) is 0 Å². The molecule has 1 aliphatic rings. The number of hydrogen-bond acceptors (Lipinski definition) is 5. The van der Waals surface area contributed by atoms with Crippen molar-refractivity contribution in [2.45, 2.75) is 26.4 Å². The van der Waals surface area contributed by atoms with Gasteiger partial charge in [0.1, 0.15) is 0 Å². The molecule has 0 amide bonds. The summed E-state index contributed by atoms with van der Waals surface area (Å²) in [5.41, 5.74) is 4.42. The van der Waals surface area contributed by atoms with E-state index in [1.807, 2.05) is 18.2 Å². The van der Waals surface area contributed by atoms with Gasteiger partial charge in [0.15, 0.2) is 17.3 Å². The summed E-state index contributed by atoms with van der Waals surface area (Å²) in [6.45, 7) is 3.80. The molecule has 110 valence electrons. The Bertz CT molecular complexity index is 671. The summed E-state index contributed by atoms with van der Waals surface area (Å²) in [5, 5.41) is 3.33. The SMILES string of the molecule is CCc1nc(-c2ccc(OC)c(OC)c2)nc2c1CNC2. The number of rotatable bonds is 4. The summed E-state index contributed by atoms with van der Waals surface area (Å²) in [4.78, 5) is 9.41. The predicted octanol–water partition coefficient (Wildman–Crippen LogP) is 2.33. The molecule has 2 heterocycles. The number of nitrogens with one attached hydrogen (secondary N) is 1. The Hall–Kier alpha value is -2.14. The Balaban J connectivity index is 2.08. The van der Waals surface area contributed by atoms with Crippen molar-refractivity contribution in [3.63, 3.8) is 0 Å². The van der Waals surface area contributed by atoms with Gasteiger partial charge in [-0.25, -0.2) is 9.97 Å². The van der Waals surface area contributed by atoms with E-state index in [-0.39, 0.29) is 0 Å². The van der Waals surface area contributed by atoms with Crippen LogP contribution in [0, 0.1) is 0 Å². The average Bonchev–Trinajstić information content (AvgIpc) is 3.01. The number of nitrogens with zero attached hydrogens (tertiary/aromatic N) is 2. The number of benzene rings is 1. The zero-order chi connectivity index (χ0) is 14.8. The Labute approximate surface area is 124 Å². The van der Waals surface area contributed by atoms with Crippen LogP contribution in [0.3, 0.4) is 0 Å². The van der Waals surface area contributed by atoms with E-state index in [4.69, 9.17) is 19.4 Å². The average molecular weight is 285 g/mol. The summed E-state index contributed by atoms with van der Waals surface area (Å²) < 4.78 is 10.6. The van der Waals surface area contributed by atoms with E-state index in [9.17, 15) is 0 Å². The molecular weight excluding hydrogens is 266 g/mol. The molecule has 0 spiro atoms. The van der Waals surface area contributed by atoms with Crippen LogP contribution in [0.2, 0.25) is 0 Å². The van der Waals surface area contributed by atoms with Gasteiger partial charge in [0, 0.05) is 29.9 Å². The summed E-state index contributed by atoms with van der Waals surface area (Å²) >= 11 is 0. The minimum absolute atomic E-state index is 0.690. The van der Waals surface area contributed by atoms with Gasteiger partial charge in [-0.2, -0.15) is 0 Å². The lowest BCUT2D eigenvalue weighted by Crippen LogP contribution is -2.03. The fourth-order valence-electron chi connectivity index (χ4n) is 2.64. The summed E-state index contributed by atoms with van der Waals surface area (Å²) in [5.74, 6) is 2.14. The van der Waals surface area contributed by atoms with Crippen LogP contribution in [0.15, 0.2) is 18.2 Å². The van der Waals surface area contributed by atoms with Crippen molar-refractivity contribution >= 4 is 0 Å². The molecule has 21 heavy (non-hydrogen) atoms. The van der Waals surface area contributed by atoms with E-state index in [2.05, 4.69) is 12.2 Å². The third-order valence-electron chi connectivity index (χ3n) is 3.75. The number of ether oxygens (including phenoxy) is 2. The maximum Gasteiger partial charge on any atom is 0.161 e. The van der Waals surface area contributed by atoms with Crippen molar-refractivity contribution < 1.29 is 9.47 Å². The quantitative estimate of drug-likeness (QED) is 0.934. The summed E-state index contributed by atoms with van der Waals surface area (Å²) in [6.07, 6.45) is 0.910. The molecule has 5 nitrogen and oxygen atoms in total. The largest absolute Gasteiger partial charge is 0.493 e. The first kappa shape index (κ1) is 13.8. The Morgan fingerprint density at radius 3 is 2.62 bits per heavy atom. The second-order valence-electron chi connectivity index (χ2n) is 4.95. The lowest BCUT2D eigenvalue weighted by molar-refractivity contribution is 0.355. The third kappa shape index (κ3) is 2.45. The van der Waals surface area contributed by atoms with Crippen LogP contribution in [-0.4, -0.2) is 24.2 Å². The van der Waals surface area contributed by atoms with Crippen molar-refractivity contribution in [1.82, 2.24) is 15.3 Å². The zero-order valence-corrected chi connectivity index (χ0v) is 12.6. The monoisotopic (exact) mass is 285 g/mol. The molecule has 1 aromatic heterocycles. The summed E-state index contributed by atoms with van der Waals surface area (Å²) in [6, 6.07) is 5.77. The number of aromatic nitrogens is 2. The highest BCUT2D eigenvalue weighted by Gasteiger charge is 2.19. The fourth-order valence-corrected chi connectivity index (χ4v) is 2.64. The molecular formula is C16H19N3O2. The van der Waals surface area contributed by atoms with Gasteiger partial charge in [0.05, 0.1) is 19.9 Å². The van der Waals surface area contributed by atoms with Crippen molar-refractivity contribution in [1.29, 1.82) is 0 Å². The van der Waals surface area contributed by atoms with Crippen molar-refractivity contribution in [3.05, 3.63) is 35.2 Å². The van der Waals surface area contributed by atoms with Crippen LogP contribution in [0.1, 0.15) is 23.9 Å². The number of aryl methyl sites for hydroxylation is 1. The molecule has 0 atom stereocenters. The van der Waals surface area contributed by atoms with Crippen LogP contribution >= 0.6 is 0 Å². The molecule has 0 aliphatic carbocycles. The van der Waals surface area contributed by atoms with E-state index < -0.39 is 0 Å². The van der Waals surface area contributed by atoms with Gasteiger partial charge in [-0.1, -0.05) is 6.92 Å². The van der Waals surface area contributed by atoms with Crippen molar-refractivity contribution in [2.75, 3.05) is 14.2 Å². The first-order valence-corrected chi connectivity index (χ1v) is 7.08. The van der Waals surface area contributed by atoms with Crippen LogP contribution in [-0.2, 0) is 19.5 Å². The highest BCUT2D eigenvalue weighted by atomic mass is 16.5. The van der Waals surface area contributed by atoms with Gasteiger partial charge >= 0.3 is 0 Å². The molecule has 3 rings (SSSR count). The molecule has 1 N–H and O–H groups in total. The van der Waals surface area contributed by atoms with Crippen LogP contribution in [0.4, 0.5) is 0 Å². The molecule has 0 bridgehead atoms. The smallest absolute Gasteiger partial charge is 0.161 e. The van der Waals surface area contributed by atoms with Gasteiger partial charge < -0.3 is 14.8 Å². The van der Waals surface area contributed by atoms with Gasteiger partial charge in [0.2, 0.25) is 0 Å². The van der Waals surface area contributed by atoms with Crippen LogP contribution in [0.5, 0.6) is 11.5 Å². The van der Waals surface area contributed by atoms with Gasteiger partial charge in [-0.05, 0) is 24.6 Å². The second-order valence-corrected chi connectivity index (χ2v) is 4.95. The normalized spacial score (nSPS) is 13.1. The molecule has 0 saturated heterocycles. The van der Waals surface area contributed by atoms with Crippen molar-refractivity contribution in [2.24, 2.45) is 0 Å². The van der Waals surface area contributed by atoms with Crippen LogP contribution < -0.4 is 14.8 Å². The molecule has 0 saturated carbocycles. The number of hydrogen-bond donors (Lipinski definition) is 1. The lowest BCUT2D eigenvalue weighted by Gasteiger charge is -2.11. The highest BCUT2D eigenvalue weighted by Crippen LogP contribution is 2.32. The first-order valence-electron chi connectivity index (χ1n) is 7.08. The molecule has 0 radical (unpaired) electrons. The lowest BCUT2D eigenvalue weighted by atomic mass is 10.1. The standard InChI is InChI=1S/C16H19N3O2/c1-4-12-11-8-17-9-13(11)19-16(18-12)10-5-6-14(20-2)15(7-10)21-3/h5-7,17H,4,8-9H2,1-3H3. The van der Waals surface area contributed by atoms with E-state index in [0.717, 1.165) is 42.3 Å². The maximum atomic E-state index is 5.35. The predicted molar refractivity (Wildman–Crippen MR) is 80.5 cm³/mol. The van der Waals surface area contributed by atoms with E-state index in [1.54, 1.807) is 14.2 Å². The van der Waals surface area contributed by atoms with E-state index in [0.29, 0.717) is 11.5 Å². The fraction of sp³-hybridized carbons (Fsp3) is 0.375. The number of fused-ring (bicyclic) bond motifs is 1. The minimum atomic E-state index is 0.690. The third-order valence-corrected chi connectivity index (χ3v) is 3.75. The zero-order valence-electron chi connectivity index (χ0n) is 12.6. The Kier molecular flexibility index (Phi) is 3.75. The Morgan fingerprint density at radius 2 is 1.90 bits per heavy atom.